The van der Waals surface area contributed by atoms with Crippen molar-refractivity contribution in [2.24, 2.45) is 0 Å². The Morgan fingerprint density at radius 3 is 2.76 bits per heavy atom. The van der Waals surface area contributed by atoms with E-state index in [1.165, 1.54) is 18.2 Å². The van der Waals surface area contributed by atoms with Crippen molar-refractivity contribution in [3.8, 4) is 17.2 Å². The number of benzene rings is 1. The summed E-state index contributed by atoms with van der Waals surface area (Å²) in [5.74, 6) is -0.340. The summed E-state index contributed by atoms with van der Waals surface area (Å²) in [5.41, 5.74) is 1.54. The summed E-state index contributed by atoms with van der Waals surface area (Å²) in [7, 11) is 0. The Morgan fingerprint density at radius 1 is 1.41 bits per heavy atom. The fourth-order valence-electron chi connectivity index (χ4n) is 1.58. The molecular formula is C13H12FN3. The van der Waals surface area contributed by atoms with Crippen molar-refractivity contribution in [2.75, 3.05) is 0 Å². The van der Waals surface area contributed by atoms with E-state index in [4.69, 9.17) is 5.26 Å². The smallest absolute Gasteiger partial charge is 0.131 e. The van der Waals surface area contributed by atoms with Crippen molar-refractivity contribution >= 4 is 0 Å². The average Bonchev–Trinajstić information content (AvgIpc) is 2.79. The molecule has 4 heteroatoms. The van der Waals surface area contributed by atoms with Crippen LogP contribution in [-0.4, -0.2) is 9.78 Å². The number of hydrogen-bond donors (Lipinski definition) is 0. The van der Waals surface area contributed by atoms with Gasteiger partial charge in [0, 0.05) is 23.4 Å². The maximum atomic E-state index is 13.7. The Morgan fingerprint density at radius 2 is 2.18 bits per heavy atom. The van der Waals surface area contributed by atoms with Gasteiger partial charge in [-0.05, 0) is 32.0 Å². The lowest BCUT2D eigenvalue weighted by Gasteiger charge is -2.03. The van der Waals surface area contributed by atoms with Crippen LogP contribution in [0.2, 0.25) is 0 Å². The zero-order chi connectivity index (χ0) is 12.4. The fourth-order valence-corrected chi connectivity index (χ4v) is 1.58. The maximum absolute atomic E-state index is 13.7. The highest BCUT2D eigenvalue weighted by atomic mass is 19.1. The van der Waals surface area contributed by atoms with Crippen LogP contribution >= 0.6 is 0 Å². The molecule has 0 spiro atoms. The molecule has 0 unspecified atom stereocenters. The Hall–Kier alpha value is -2.15. The van der Waals surface area contributed by atoms with E-state index in [2.05, 4.69) is 5.10 Å². The van der Waals surface area contributed by atoms with Gasteiger partial charge >= 0.3 is 0 Å². The molecule has 1 aromatic heterocycles. The molecule has 1 heterocycles. The molecule has 0 amide bonds. The third-order valence-corrected chi connectivity index (χ3v) is 2.54. The van der Waals surface area contributed by atoms with Gasteiger partial charge in [0.25, 0.3) is 0 Å². The van der Waals surface area contributed by atoms with Crippen LogP contribution in [0.3, 0.4) is 0 Å². The highest BCUT2D eigenvalue weighted by Crippen LogP contribution is 2.24. The van der Waals surface area contributed by atoms with Crippen LogP contribution in [0.15, 0.2) is 30.6 Å². The van der Waals surface area contributed by atoms with Crippen LogP contribution in [0.4, 0.5) is 4.39 Å². The summed E-state index contributed by atoms with van der Waals surface area (Å²) in [5, 5.41) is 13.0. The molecule has 86 valence electrons. The summed E-state index contributed by atoms with van der Waals surface area (Å²) < 4.78 is 15.4. The van der Waals surface area contributed by atoms with Crippen molar-refractivity contribution in [1.82, 2.24) is 9.78 Å². The van der Waals surface area contributed by atoms with Crippen LogP contribution in [0.5, 0.6) is 0 Å². The number of halogens is 1. The van der Waals surface area contributed by atoms with E-state index in [0.717, 1.165) is 0 Å². The predicted molar refractivity (Wildman–Crippen MR) is 62.7 cm³/mol. The lowest BCUT2D eigenvalue weighted by atomic mass is 10.1. The van der Waals surface area contributed by atoms with Crippen molar-refractivity contribution < 1.29 is 4.39 Å². The highest BCUT2D eigenvalue weighted by Gasteiger charge is 2.09. The molecule has 2 aromatic rings. The minimum Gasteiger partial charge on any atom is -0.270 e. The minimum atomic E-state index is -0.340. The molecule has 2 rings (SSSR count). The molecule has 0 fully saturated rings. The summed E-state index contributed by atoms with van der Waals surface area (Å²) in [4.78, 5) is 0. The third-order valence-electron chi connectivity index (χ3n) is 2.54. The van der Waals surface area contributed by atoms with Crippen LogP contribution in [0.1, 0.15) is 25.5 Å². The van der Waals surface area contributed by atoms with Gasteiger partial charge in [-0.1, -0.05) is 0 Å². The van der Waals surface area contributed by atoms with Gasteiger partial charge in [0.2, 0.25) is 0 Å². The van der Waals surface area contributed by atoms with Gasteiger partial charge in [-0.15, -0.1) is 0 Å². The van der Waals surface area contributed by atoms with E-state index in [1.807, 2.05) is 19.9 Å². The number of aromatic nitrogens is 2. The molecular weight excluding hydrogens is 217 g/mol. The highest BCUT2D eigenvalue weighted by molar-refractivity contribution is 5.64. The number of nitrogens with zero attached hydrogens (tertiary/aromatic N) is 3. The topological polar surface area (TPSA) is 41.6 Å². The van der Waals surface area contributed by atoms with Crippen LogP contribution < -0.4 is 0 Å². The van der Waals surface area contributed by atoms with Gasteiger partial charge in [0.15, 0.2) is 0 Å². The van der Waals surface area contributed by atoms with Gasteiger partial charge in [0.1, 0.15) is 5.82 Å². The van der Waals surface area contributed by atoms with Gasteiger partial charge in [-0.3, -0.25) is 4.68 Å². The Kier molecular flexibility index (Phi) is 2.92. The van der Waals surface area contributed by atoms with Crippen LogP contribution in [0.25, 0.3) is 11.1 Å². The van der Waals surface area contributed by atoms with Gasteiger partial charge < -0.3 is 0 Å². The van der Waals surface area contributed by atoms with E-state index >= 15 is 0 Å². The minimum absolute atomic E-state index is 0.228. The Labute approximate surface area is 99.1 Å². The zero-order valence-electron chi connectivity index (χ0n) is 9.68. The third kappa shape index (κ3) is 2.18. The maximum Gasteiger partial charge on any atom is 0.131 e. The lowest BCUT2D eigenvalue weighted by molar-refractivity contribution is 0.532. The van der Waals surface area contributed by atoms with Gasteiger partial charge in [-0.2, -0.15) is 10.4 Å². The van der Waals surface area contributed by atoms with E-state index in [-0.39, 0.29) is 11.9 Å². The summed E-state index contributed by atoms with van der Waals surface area (Å²) in [6.07, 6.45) is 3.39. The molecule has 3 nitrogen and oxygen atoms in total. The van der Waals surface area contributed by atoms with E-state index in [9.17, 15) is 4.39 Å². The number of nitriles is 1. The molecule has 0 aliphatic carbocycles. The monoisotopic (exact) mass is 229 g/mol. The van der Waals surface area contributed by atoms with Crippen molar-refractivity contribution in [3.05, 3.63) is 42.0 Å². The quantitative estimate of drug-likeness (QED) is 0.793. The Bertz CT molecular complexity index is 579. The first-order valence-corrected chi connectivity index (χ1v) is 5.36. The van der Waals surface area contributed by atoms with Gasteiger partial charge in [0.05, 0.1) is 17.8 Å². The van der Waals surface area contributed by atoms with E-state index in [1.54, 1.807) is 17.1 Å². The van der Waals surface area contributed by atoms with Crippen molar-refractivity contribution in [1.29, 1.82) is 5.26 Å². The molecule has 1 aromatic carbocycles. The molecule has 0 radical (unpaired) electrons. The first-order chi connectivity index (χ1) is 8.11. The molecule has 0 saturated heterocycles. The standard InChI is InChI=1S/C13H12FN3/c1-9(2)17-8-11(7-16-17)12-5-10(6-15)3-4-13(12)14/h3-5,7-9H,1-2H3. The molecule has 0 aliphatic heterocycles. The number of rotatable bonds is 2. The molecule has 0 aliphatic rings. The lowest BCUT2D eigenvalue weighted by Crippen LogP contribution is -1.99. The van der Waals surface area contributed by atoms with Crippen molar-refractivity contribution in [3.63, 3.8) is 0 Å². The van der Waals surface area contributed by atoms with Crippen molar-refractivity contribution in [2.45, 2.75) is 19.9 Å². The largest absolute Gasteiger partial charge is 0.270 e. The summed E-state index contributed by atoms with van der Waals surface area (Å²) in [6.45, 7) is 4.00. The van der Waals surface area contributed by atoms with Crippen LogP contribution in [0, 0.1) is 17.1 Å². The van der Waals surface area contributed by atoms with E-state index < -0.39 is 0 Å². The second-order valence-electron chi connectivity index (χ2n) is 4.11. The van der Waals surface area contributed by atoms with Gasteiger partial charge in [-0.25, -0.2) is 4.39 Å². The molecule has 0 bridgehead atoms. The second kappa shape index (κ2) is 4.38. The molecule has 0 N–H and O–H groups in total. The first kappa shape index (κ1) is 11.3. The summed E-state index contributed by atoms with van der Waals surface area (Å²) >= 11 is 0. The number of hydrogen-bond acceptors (Lipinski definition) is 2. The zero-order valence-corrected chi connectivity index (χ0v) is 9.68. The second-order valence-corrected chi connectivity index (χ2v) is 4.11. The Balaban J connectivity index is 2.48. The molecule has 0 atom stereocenters. The molecule has 0 saturated carbocycles. The SMILES string of the molecule is CC(C)n1cc(-c2cc(C#N)ccc2F)cn1. The van der Waals surface area contributed by atoms with Crippen LogP contribution in [-0.2, 0) is 0 Å². The first-order valence-electron chi connectivity index (χ1n) is 5.36. The predicted octanol–water partition coefficient (Wildman–Crippen LogP) is 3.14. The van der Waals surface area contributed by atoms with E-state index in [0.29, 0.717) is 16.7 Å². The molecule has 17 heavy (non-hydrogen) atoms. The summed E-state index contributed by atoms with van der Waals surface area (Å²) in [6, 6.07) is 6.54. The fraction of sp³-hybridized carbons (Fsp3) is 0.231. The normalized spacial score (nSPS) is 10.5. The average molecular weight is 229 g/mol.